The summed E-state index contributed by atoms with van der Waals surface area (Å²) in [6.45, 7) is 0. The van der Waals surface area contributed by atoms with Gasteiger partial charge in [0.25, 0.3) is 0 Å². The Bertz CT molecular complexity index is 22.4. The van der Waals surface area contributed by atoms with E-state index in [4.69, 9.17) is 0 Å². The maximum atomic E-state index is 10.3. The van der Waals surface area contributed by atoms with E-state index in [0.29, 0.717) is 0 Å². The molecule has 33 valence electrons. The standard InChI is InChI=1S/ClH.3FH.V/h4*1H;/q;;;;+4/p-4. The fraction of sp³-hybridized carbons (Fsp3) is 0. The van der Waals surface area contributed by atoms with Gasteiger partial charge in [0, 0.05) is 0 Å². The molecule has 5 heavy (non-hydrogen) atoms. The molecule has 0 nitrogen and oxygen atoms in total. The molecule has 0 aliphatic heterocycles. The first-order chi connectivity index (χ1) is 2.00. The summed E-state index contributed by atoms with van der Waals surface area (Å²) in [5.41, 5.74) is 0. The maximum absolute atomic E-state index is 10.3. The monoisotopic (exact) mass is 143 g/mol. The van der Waals surface area contributed by atoms with Crippen LogP contribution in [0.15, 0.2) is 0 Å². The zero-order valence-electron chi connectivity index (χ0n) is 1.96. The first kappa shape index (κ1) is 5.66. The molecule has 0 N–H and O–H groups in total. The van der Waals surface area contributed by atoms with E-state index in [1.54, 1.807) is 0 Å². The fourth-order valence-corrected chi connectivity index (χ4v) is 0. The van der Waals surface area contributed by atoms with Crippen molar-refractivity contribution >= 4 is 9.85 Å². The van der Waals surface area contributed by atoms with Crippen molar-refractivity contribution in [1.82, 2.24) is 0 Å². The van der Waals surface area contributed by atoms with Gasteiger partial charge in [0.1, 0.15) is 0 Å². The number of rotatable bonds is 0. The summed E-state index contributed by atoms with van der Waals surface area (Å²) in [6, 6.07) is 0. The summed E-state index contributed by atoms with van der Waals surface area (Å²) in [6.07, 6.45) is 0. The molecule has 0 saturated carbocycles. The van der Waals surface area contributed by atoms with E-state index in [-0.39, 0.29) is 0 Å². The van der Waals surface area contributed by atoms with Crippen molar-refractivity contribution in [3.8, 4) is 0 Å². The summed E-state index contributed by atoms with van der Waals surface area (Å²) >= 11 is -5.90. The summed E-state index contributed by atoms with van der Waals surface area (Å²) in [5, 5.41) is 0. The quantitative estimate of drug-likeness (QED) is 0.486. The Morgan fingerprint density at radius 2 is 1.20 bits per heavy atom. The molecule has 0 fully saturated rings. The minimum atomic E-state index is -5.90. The summed E-state index contributed by atoms with van der Waals surface area (Å²) in [4.78, 5) is 0. The molecule has 0 spiro atoms. The number of halogens is 4. The fourth-order valence-electron chi connectivity index (χ4n) is 0. The van der Waals surface area contributed by atoms with Crippen LogP contribution in [0.4, 0.5) is 10.2 Å². The van der Waals surface area contributed by atoms with Crippen molar-refractivity contribution in [1.29, 1.82) is 0 Å². The number of hydrogen-bond acceptors (Lipinski definition) is 0. The summed E-state index contributed by atoms with van der Waals surface area (Å²) in [7, 11) is 3.70. The van der Waals surface area contributed by atoms with Gasteiger partial charge in [0.2, 0.25) is 0 Å². The third-order valence-electron chi connectivity index (χ3n) is 0. The molecular formula is ClF3V. The van der Waals surface area contributed by atoms with Crippen molar-refractivity contribution in [2.45, 2.75) is 0 Å². The third kappa shape index (κ3) is 75.0. The molecular weight excluding hydrogens is 143 g/mol. The predicted molar refractivity (Wildman–Crippen MR) is 9.18 cm³/mol. The average molecular weight is 143 g/mol. The Labute approximate surface area is 35.2 Å². The van der Waals surface area contributed by atoms with Gasteiger partial charge in [-0.05, 0) is 0 Å². The molecule has 0 aliphatic rings. The molecule has 0 atom stereocenters. The molecule has 0 aromatic rings. The van der Waals surface area contributed by atoms with Crippen LogP contribution in [0.1, 0.15) is 0 Å². The third-order valence-corrected chi connectivity index (χ3v) is 0. The second-order valence-electron chi connectivity index (χ2n) is 0.383. The molecule has 0 rings (SSSR count). The van der Waals surface area contributed by atoms with Gasteiger partial charge in [-0.25, -0.2) is 0 Å². The van der Waals surface area contributed by atoms with Gasteiger partial charge < -0.3 is 0 Å². The van der Waals surface area contributed by atoms with Crippen LogP contribution in [0.25, 0.3) is 0 Å². The van der Waals surface area contributed by atoms with E-state index in [9.17, 15) is 10.2 Å². The Kier molecular flexibility index (Phi) is 1.60. The van der Waals surface area contributed by atoms with Crippen LogP contribution in [-0.4, -0.2) is 0 Å². The van der Waals surface area contributed by atoms with E-state index < -0.39 is 14.5 Å². The summed E-state index contributed by atoms with van der Waals surface area (Å²) in [5.74, 6) is 0. The Balaban J connectivity index is 3.02. The molecule has 0 amide bonds. The van der Waals surface area contributed by atoms with E-state index in [1.165, 1.54) is 0 Å². The second-order valence-corrected chi connectivity index (χ2v) is 3.16. The minimum absolute atomic E-state index is 3.70. The van der Waals surface area contributed by atoms with Crippen molar-refractivity contribution < 1.29 is 24.7 Å². The van der Waals surface area contributed by atoms with Gasteiger partial charge in [-0.3, -0.25) is 0 Å². The number of hydrogen-bond donors (Lipinski definition) is 0. The Hall–Kier alpha value is 0.664. The molecule has 0 aromatic carbocycles. The Morgan fingerprint density at radius 3 is 1.20 bits per heavy atom. The van der Waals surface area contributed by atoms with Crippen LogP contribution in [0.2, 0.25) is 0 Å². The van der Waals surface area contributed by atoms with Crippen LogP contribution < -0.4 is 0 Å². The van der Waals surface area contributed by atoms with E-state index in [0.717, 1.165) is 0 Å². The van der Waals surface area contributed by atoms with Crippen molar-refractivity contribution in [3.05, 3.63) is 0 Å². The SMILES string of the molecule is [F][V]([F])([F])[Cl]. The first-order valence-corrected chi connectivity index (χ1v) is 4.18. The molecule has 0 heterocycles. The first-order valence-electron chi connectivity index (χ1n) is 0.676. The molecule has 0 bridgehead atoms. The van der Waals surface area contributed by atoms with Crippen molar-refractivity contribution in [2.75, 3.05) is 0 Å². The van der Waals surface area contributed by atoms with Crippen LogP contribution in [-0.2, 0) is 14.5 Å². The van der Waals surface area contributed by atoms with Gasteiger partial charge in [-0.1, -0.05) is 0 Å². The molecule has 0 saturated heterocycles. The zero-order chi connectivity index (χ0) is 4.50. The van der Waals surface area contributed by atoms with Gasteiger partial charge in [0.05, 0.1) is 0 Å². The van der Waals surface area contributed by atoms with Gasteiger partial charge >= 0.3 is 34.6 Å². The van der Waals surface area contributed by atoms with Crippen molar-refractivity contribution in [2.24, 2.45) is 0 Å². The molecule has 0 aromatic heterocycles. The second kappa shape index (κ2) is 1.41. The van der Waals surface area contributed by atoms with Crippen LogP contribution in [0.5, 0.6) is 0 Å². The van der Waals surface area contributed by atoms with E-state index >= 15 is 0 Å². The van der Waals surface area contributed by atoms with Gasteiger partial charge in [-0.15, -0.1) is 0 Å². The predicted octanol–water partition coefficient (Wildman–Crippen LogP) is 1.95. The summed E-state index contributed by atoms with van der Waals surface area (Å²) < 4.78 is 30.9. The van der Waals surface area contributed by atoms with Gasteiger partial charge in [0.15, 0.2) is 0 Å². The van der Waals surface area contributed by atoms with Crippen LogP contribution in [0.3, 0.4) is 0 Å². The van der Waals surface area contributed by atoms with E-state index in [1.807, 2.05) is 0 Å². The Morgan fingerprint density at radius 1 is 1.20 bits per heavy atom. The molecule has 0 aliphatic carbocycles. The topological polar surface area (TPSA) is 0 Å². The van der Waals surface area contributed by atoms with E-state index in [2.05, 4.69) is 9.85 Å². The van der Waals surface area contributed by atoms with Crippen LogP contribution >= 0.6 is 9.85 Å². The molecule has 0 radical (unpaired) electrons. The molecule has 5 heteroatoms. The van der Waals surface area contributed by atoms with Gasteiger partial charge in [-0.2, -0.15) is 0 Å². The molecule has 0 unspecified atom stereocenters. The van der Waals surface area contributed by atoms with Crippen molar-refractivity contribution in [3.63, 3.8) is 0 Å². The van der Waals surface area contributed by atoms with Crippen LogP contribution in [0, 0.1) is 0 Å². The zero-order valence-corrected chi connectivity index (χ0v) is 4.11. The normalized spacial score (nSPS) is 12.0. The average Bonchev–Trinajstić information content (AvgIpc) is 0.722.